The first kappa shape index (κ1) is 17.7. The van der Waals surface area contributed by atoms with E-state index in [4.69, 9.17) is 9.84 Å². The first-order chi connectivity index (χ1) is 12.1. The van der Waals surface area contributed by atoms with E-state index in [-0.39, 0.29) is 18.9 Å². The van der Waals surface area contributed by atoms with Crippen LogP contribution in [-0.4, -0.2) is 65.8 Å². The molecule has 25 heavy (non-hydrogen) atoms. The summed E-state index contributed by atoms with van der Waals surface area (Å²) in [6, 6.07) is 3.26. The maximum Gasteiger partial charge on any atom is 0.305 e. The summed E-state index contributed by atoms with van der Waals surface area (Å²) in [6.45, 7) is 3.11. The van der Waals surface area contributed by atoms with Crippen molar-refractivity contribution in [1.82, 2.24) is 9.88 Å². The number of aliphatic carboxylic acids is 1. The second-order valence-electron chi connectivity index (χ2n) is 6.63. The highest BCUT2D eigenvalue weighted by Gasteiger charge is 2.30. The smallest absolute Gasteiger partial charge is 0.305 e. The number of hydrogen-bond donors (Lipinski definition) is 1. The molecule has 1 aromatic heterocycles. The number of hydrogen-bond acceptors (Lipinski definition) is 5. The van der Waals surface area contributed by atoms with E-state index in [1.165, 1.54) is 25.7 Å². The van der Waals surface area contributed by atoms with Gasteiger partial charge in [0.2, 0.25) is 0 Å². The number of rotatable bonds is 4. The van der Waals surface area contributed by atoms with Crippen molar-refractivity contribution in [3.8, 4) is 0 Å². The van der Waals surface area contributed by atoms with Gasteiger partial charge in [0.1, 0.15) is 5.82 Å². The second kappa shape index (κ2) is 8.29. The van der Waals surface area contributed by atoms with Gasteiger partial charge in [-0.3, -0.25) is 9.59 Å². The normalized spacial score (nSPS) is 21.7. The van der Waals surface area contributed by atoms with Crippen molar-refractivity contribution < 1.29 is 19.4 Å². The third-order valence-electron chi connectivity index (χ3n) is 4.82. The summed E-state index contributed by atoms with van der Waals surface area (Å²) in [7, 11) is 0. The number of aromatic nitrogens is 1. The minimum atomic E-state index is -0.928. The van der Waals surface area contributed by atoms with Crippen LogP contribution in [0.5, 0.6) is 0 Å². The Labute approximate surface area is 147 Å². The number of anilines is 1. The molecule has 2 aliphatic heterocycles. The van der Waals surface area contributed by atoms with Gasteiger partial charge in [0.25, 0.3) is 5.91 Å². The number of carboxylic acid groups (broad SMARTS) is 1. The molecule has 3 heterocycles. The molecule has 1 amide bonds. The Morgan fingerprint density at radius 2 is 1.92 bits per heavy atom. The van der Waals surface area contributed by atoms with Gasteiger partial charge in [0.15, 0.2) is 0 Å². The third kappa shape index (κ3) is 4.48. The average molecular weight is 347 g/mol. The molecule has 2 aliphatic rings. The predicted octanol–water partition coefficient (Wildman–Crippen LogP) is 1.78. The van der Waals surface area contributed by atoms with E-state index in [2.05, 4.69) is 9.88 Å². The van der Waals surface area contributed by atoms with Crippen LogP contribution in [0.15, 0.2) is 18.3 Å². The summed E-state index contributed by atoms with van der Waals surface area (Å²) in [5.74, 6) is -0.199. The summed E-state index contributed by atoms with van der Waals surface area (Å²) in [5.41, 5.74) is 0.496. The van der Waals surface area contributed by atoms with Crippen molar-refractivity contribution in [2.75, 3.05) is 37.7 Å². The quantitative estimate of drug-likeness (QED) is 0.894. The van der Waals surface area contributed by atoms with Gasteiger partial charge in [-0.05, 0) is 25.0 Å². The molecular formula is C18H25N3O4. The van der Waals surface area contributed by atoms with Gasteiger partial charge in [-0.15, -0.1) is 0 Å². The van der Waals surface area contributed by atoms with Crippen molar-refractivity contribution in [2.45, 2.75) is 38.1 Å². The van der Waals surface area contributed by atoms with Crippen molar-refractivity contribution in [3.05, 3.63) is 23.9 Å². The Bertz CT molecular complexity index is 597. The molecule has 2 saturated heterocycles. The maximum absolute atomic E-state index is 12.8. The van der Waals surface area contributed by atoms with Gasteiger partial charge in [0.05, 0.1) is 31.2 Å². The lowest BCUT2D eigenvalue weighted by atomic mass is 10.1. The molecule has 1 N–H and O–H groups in total. The van der Waals surface area contributed by atoms with Crippen LogP contribution in [0.1, 0.15) is 42.5 Å². The monoisotopic (exact) mass is 347 g/mol. The van der Waals surface area contributed by atoms with Crippen LogP contribution in [0, 0.1) is 0 Å². The van der Waals surface area contributed by atoms with Crippen LogP contribution in [0.2, 0.25) is 0 Å². The molecule has 1 atom stereocenters. The molecule has 0 spiro atoms. The van der Waals surface area contributed by atoms with Crippen LogP contribution >= 0.6 is 0 Å². The summed E-state index contributed by atoms with van der Waals surface area (Å²) in [6.07, 6.45) is 6.37. The Kier molecular flexibility index (Phi) is 5.86. The predicted molar refractivity (Wildman–Crippen MR) is 92.8 cm³/mol. The third-order valence-corrected chi connectivity index (χ3v) is 4.82. The standard InChI is InChI=1S/C18H25N3O4/c22-17(23)11-15-13-25-10-9-21(15)18(24)14-5-6-16(19-12-14)20-7-3-1-2-4-8-20/h5-6,12,15H,1-4,7-11,13H2,(H,22,23)/t15-/m1/s1. The van der Waals surface area contributed by atoms with E-state index in [0.717, 1.165) is 18.9 Å². The molecule has 7 nitrogen and oxygen atoms in total. The number of carboxylic acids is 1. The first-order valence-corrected chi connectivity index (χ1v) is 8.96. The van der Waals surface area contributed by atoms with E-state index in [1.807, 2.05) is 6.07 Å². The largest absolute Gasteiger partial charge is 0.481 e. The molecule has 1 aromatic rings. The van der Waals surface area contributed by atoms with Crippen LogP contribution < -0.4 is 4.90 Å². The van der Waals surface area contributed by atoms with Gasteiger partial charge >= 0.3 is 5.97 Å². The molecule has 0 aliphatic carbocycles. The van der Waals surface area contributed by atoms with Crippen molar-refractivity contribution in [2.24, 2.45) is 0 Å². The van der Waals surface area contributed by atoms with Crippen LogP contribution in [0.25, 0.3) is 0 Å². The van der Waals surface area contributed by atoms with E-state index < -0.39 is 12.0 Å². The van der Waals surface area contributed by atoms with Gasteiger partial charge in [0, 0.05) is 25.8 Å². The van der Waals surface area contributed by atoms with Gasteiger partial charge in [-0.2, -0.15) is 0 Å². The summed E-state index contributed by atoms with van der Waals surface area (Å²) in [4.78, 5) is 32.1. The molecule has 0 aromatic carbocycles. The number of carbonyl (C=O) groups excluding carboxylic acids is 1. The number of pyridine rings is 1. The fourth-order valence-corrected chi connectivity index (χ4v) is 3.46. The minimum absolute atomic E-state index is 0.106. The topological polar surface area (TPSA) is 83.0 Å². The van der Waals surface area contributed by atoms with E-state index in [1.54, 1.807) is 17.2 Å². The van der Waals surface area contributed by atoms with Crippen molar-refractivity contribution >= 4 is 17.7 Å². The lowest BCUT2D eigenvalue weighted by Gasteiger charge is -2.34. The highest BCUT2D eigenvalue weighted by Crippen LogP contribution is 2.19. The van der Waals surface area contributed by atoms with Crippen LogP contribution in [0.3, 0.4) is 0 Å². The minimum Gasteiger partial charge on any atom is -0.481 e. The summed E-state index contributed by atoms with van der Waals surface area (Å²) in [5, 5.41) is 9.03. The Morgan fingerprint density at radius 3 is 2.56 bits per heavy atom. The zero-order valence-corrected chi connectivity index (χ0v) is 14.4. The molecule has 0 radical (unpaired) electrons. The van der Waals surface area contributed by atoms with E-state index in [9.17, 15) is 9.59 Å². The first-order valence-electron chi connectivity index (χ1n) is 8.96. The van der Waals surface area contributed by atoms with Gasteiger partial charge < -0.3 is 19.6 Å². The van der Waals surface area contributed by atoms with Gasteiger partial charge in [-0.1, -0.05) is 12.8 Å². The van der Waals surface area contributed by atoms with E-state index >= 15 is 0 Å². The number of ether oxygens (including phenoxy) is 1. The number of carbonyl (C=O) groups is 2. The SMILES string of the molecule is O=C(O)C[C@@H]1COCCN1C(=O)c1ccc(N2CCCCCC2)nc1. The molecule has 0 bridgehead atoms. The molecule has 2 fully saturated rings. The zero-order chi connectivity index (χ0) is 17.6. The zero-order valence-electron chi connectivity index (χ0n) is 14.4. The summed E-state index contributed by atoms with van der Waals surface area (Å²) < 4.78 is 5.33. The van der Waals surface area contributed by atoms with Crippen LogP contribution in [-0.2, 0) is 9.53 Å². The molecule has 0 saturated carbocycles. The number of amides is 1. The molecule has 0 unspecified atom stereocenters. The fraction of sp³-hybridized carbons (Fsp3) is 0.611. The lowest BCUT2D eigenvalue weighted by Crippen LogP contribution is -2.49. The van der Waals surface area contributed by atoms with Crippen molar-refractivity contribution in [1.29, 1.82) is 0 Å². The highest BCUT2D eigenvalue weighted by molar-refractivity contribution is 5.94. The molecular weight excluding hydrogens is 322 g/mol. The molecule has 7 heteroatoms. The number of morpholine rings is 1. The highest BCUT2D eigenvalue weighted by atomic mass is 16.5. The van der Waals surface area contributed by atoms with Crippen molar-refractivity contribution in [3.63, 3.8) is 0 Å². The van der Waals surface area contributed by atoms with Crippen LogP contribution in [0.4, 0.5) is 5.82 Å². The Balaban J connectivity index is 1.69. The molecule has 3 rings (SSSR count). The Morgan fingerprint density at radius 1 is 1.16 bits per heavy atom. The Hall–Kier alpha value is -2.15. The lowest BCUT2D eigenvalue weighted by molar-refractivity contribution is -0.139. The average Bonchev–Trinajstić information content (AvgIpc) is 2.91. The van der Waals surface area contributed by atoms with E-state index in [0.29, 0.717) is 18.7 Å². The maximum atomic E-state index is 12.8. The molecule has 136 valence electrons. The second-order valence-corrected chi connectivity index (χ2v) is 6.63. The number of nitrogens with zero attached hydrogens (tertiary/aromatic N) is 3. The fourth-order valence-electron chi connectivity index (χ4n) is 3.46. The summed E-state index contributed by atoms with van der Waals surface area (Å²) >= 11 is 0. The van der Waals surface area contributed by atoms with Gasteiger partial charge in [-0.25, -0.2) is 4.98 Å².